The first-order chi connectivity index (χ1) is 10.0. The summed E-state index contributed by atoms with van der Waals surface area (Å²) < 4.78 is 0.740. The maximum absolute atomic E-state index is 10.9. The van der Waals surface area contributed by atoms with Crippen LogP contribution in [-0.4, -0.2) is 18.1 Å². The minimum absolute atomic E-state index is 0.241. The predicted molar refractivity (Wildman–Crippen MR) is 84.4 cm³/mol. The fraction of sp³-hybridized carbons (Fsp3) is 0.125. The molecule has 0 aromatic heterocycles. The second-order valence-electron chi connectivity index (χ2n) is 4.60. The van der Waals surface area contributed by atoms with Crippen LogP contribution in [0.5, 0.6) is 0 Å². The zero-order chi connectivity index (χ0) is 15.4. The molecule has 5 heteroatoms. The van der Waals surface area contributed by atoms with E-state index in [1.807, 2.05) is 30.1 Å². The molecule has 0 fully saturated rings. The van der Waals surface area contributed by atoms with E-state index in [4.69, 9.17) is 10.4 Å². The zero-order valence-electron chi connectivity index (χ0n) is 11.4. The van der Waals surface area contributed by atoms with Crippen LogP contribution in [0.1, 0.15) is 21.5 Å². The molecule has 0 aliphatic heterocycles. The van der Waals surface area contributed by atoms with Gasteiger partial charge in [-0.2, -0.15) is 5.26 Å². The Morgan fingerprint density at radius 2 is 2.05 bits per heavy atom. The number of carboxylic acid groups (broad SMARTS) is 1. The number of carbonyl (C=O) groups is 1. The van der Waals surface area contributed by atoms with Crippen molar-refractivity contribution in [2.24, 2.45) is 0 Å². The van der Waals surface area contributed by atoms with Gasteiger partial charge in [0.2, 0.25) is 0 Å². The Morgan fingerprint density at radius 1 is 1.33 bits per heavy atom. The van der Waals surface area contributed by atoms with Crippen molar-refractivity contribution in [1.29, 1.82) is 5.26 Å². The molecule has 0 saturated carbocycles. The summed E-state index contributed by atoms with van der Waals surface area (Å²) in [5.74, 6) is -0.953. The number of benzene rings is 2. The van der Waals surface area contributed by atoms with Crippen molar-refractivity contribution in [3.8, 4) is 6.07 Å². The summed E-state index contributed by atoms with van der Waals surface area (Å²) in [7, 11) is 1.90. The van der Waals surface area contributed by atoms with E-state index in [0.717, 1.165) is 15.7 Å². The first kappa shape index (κ1) is 15.1. The lowest BCUT2D eigenvalue weighted by atomic mass is 10.1. The summed E-state index contributed by atoms with van der Waals surface area (Å²) in [4.78, 5) is 12.9. The van der Waals surface area contributed by atoms with Crippen LogP contribution in [0.25, 0.3) is 0 Å². The Labute approximate surface area is 131 Å². The largest absolute Gasteiger partial charge is 0.478 e. The summed E-state index contributed by atoms with van der Waals surface area (Å²) in [6.45, 7) is 0.569. The molecule has 0 atom stereocenters. The molecule has 106 valence electrons. The number of nitriles is 1. The molecule has 0 spiro atoms. The predicted octanol–water partition coefficient (Wildman–Crippen LogP) is 3.66. The van der Waals surface area contributed by atoms with Gasteiger partial charge in [-0.3, -0.25) is 0 Å². The average Bonchev–Trinajstić information content (AvgIpc) is 2.48. The SMILES string of the molecule is CN(Cc1ccc(C(=O)O)cc1Br)c1ccccc1C#N. The molecule has 0 saturated heterocycles. The van der Waals surface area contributed by atoms with Crippen molar-refractivity contribution in [2.75, 3.05) is 11.9 Å². The molecule has 2 rings (SSSR count). The van der Waals surface area contributed by atoms with Crippen LogP contribution in [0.4, 0.5) is 5.69 Å². The molecule has 0 amide bonds. The van der Waals surface area contributed by atoms with Gasteiger partial charge in [0, 0.05) is 18.1 Å². The fourth-order valence-corrected chi connectivity index (χ4v) is 2.55. The fourth-order valence-electron chi connectivity index (χ4n) is 2.05. The molecule has 1 N–H and O–H groups in total. The van der Waals surface area contributed by atoms with Gasteiger partial charge < -0.3 is 10.0 Å². The summed E-state index contributed by atoms with van der Waals surface area (Å²) >= 11 is 3.40. The van der Waals surface area contributed by atoms with Crippen LogP contribution in [0.3, 0.4) is 0 Å². The zero-order valence-corrected chi connectivity index (χ0v) is 13.0. The van der Waals surface area contributed by atoms with Gasteiger partial charge in [0.15, 0.2) is 0 Å². The van der Waals surface area contributed by atoms with Crippen LogP contribution in [0.15, 0.2) is 46.9 Å². The molecule has 21 heavy (non-hydrogen) atoms. The third-order valence-electron chi connectivity index (χ3n) is 3.14. The average molecular weight is 345 g/mol. The van der Waals surface area contributed by atoms with E-state index in [2.05, 4.69) is 22.0 Å². The topological polar surface area (TPSA) is 64.3 Å². The van der Waals surface area contributed by atoms with Crippen LogP contribution < -0.4 is 4.90 Å². The van der Waals surface area contributed by atoms with E-state index in [1.165, 1.54) is 0 Å². The van der Waals surface area contributed by atoms with E-state index in [0.29, 0.717) is 12.1 Å². The lowest BCUT2D eigenvalue weighted by Crippen LogP contribution is -2.18. The quantitative estimate of drug-likeness (QED) is 0.919. The number of aromatic carboxylic acids is 1. The van der Waals surface area contributed by atoms with Crippen molar-refractivity contribution in [2.45, 2.75) is 6.54 Å². The lowest BCUT2D eigenvalue weighted by molar-refractivity contribution is 0.0697. The molecule has 0 aliphatic rings. The number of hydrogen-bond acceptors (Lipinski definition) is 3. The number of halogens is 1. The van der Waals surface area contributed by atoms with Crippen LogP contribution in [0, 0.1) is 11.3 Å². The molecule has 0 bridgehead atoms. The molecule has 0 heterocycles. The van der Waals surface area contributed by atoms with Gasteiger partial charge in [0.05, 0.1) is 16.8 Å². The van der Waals surface area contributed by atoms with Gasteiger partial charge in [-0.15, -0.1) is 0 Å². The number of nitrogens with zero attached hydrogens (tertiary/aromatic N) is 2. The van der Waals surface area contributed by atoms with Crippen LogP contribution >= 0.6 is 15.9 Å². The lowest BCUT2D eigenvalue weighted by Gasteiger charge is -2.21. The molecule has 4 nitrogen and oxygen atoms in total. The van der Waals surface area contributed by atoms with Gasteiger partial charge >= 0.3 is 5.97 Å². The highest BCUT2D eigenvalue weighted by molar-refractivity contribution is 9.10. The monoisotopic (exact) mass is 344 g/mol. The second-order valence-corrected chi connectivity index (χ2v) is 5.45. The summed E-state index contributed by atoms with van der Waals surface area (Å²) in [6, 6.07) is 14.5. The molecule has 2 aromatic carbocycles. The Bertz CT molecular complexity index is 722. The first-order valence-corrected chi connectivity index (χ1v) is 7.04. The minimum Gasteiger partial charge on any atom is -0.478 e. The Balaban J connectivity index is 2.26. The number of para-hydroxylation sites is 1. The molecule has 0 radical (unpaired) electrons. The third kappa shape index (κ3) is 3.41. The number of hydrogen-bond donors (Lipinski definition) is 1. The highest BCUT2D eigenvalue weighted by Crippen LogP contribution is 2.24. The maximum atomic E-state index is 10.9. The summed E-state index contributed by atoms with van der Waals surface area (Å²) in [5.41, 5.74) is 2.65. The molecule has 0 unspecified atom stereocenters. The standard InChI is InChI=1S/C16H13BrN2O2/c1-19(15-5-3-2-4-12(15)9-18)10-13-7-6-11(16(20)21)8-14(13)17/h2-8H,10H2,1H3,(H,20,21). The second kappa shape index (κ2) is 6.42. The minimum atomic E-state index is -0.953. The van der Waals surface area contributed by atoms with E-state index in [1.54, 1.807) is 24.3 Å². The van der Waals surface area contributed by atoms with E-state index in [9.17, 15) is 4.79 Å². The molecular formula is C16H13BrN2O2. The highest BCUT2D eigenvalue weighted by Gasteiger charge is 2.11. The number of carboxylic acids is 1. The Morgan fingerprint density at radius 3 is 2.67 bits per heavy atom. The van der Waals surface area contributed by atoms with E-state index >= 15 is 0 Å². The van der Waals surface area contributed by atoms with Crippen molar-refractivity contribution in [3.63, 3.8) is 0 Å². The Hall–Kier alpha value is -2.32. The normalized spacial score (nSPS) is 9.95. The van der Waals surface area contributed by atoms with Crippen molar-refractivity contribution >= 4 is 27.6 Å². The first-order valence-electron chi connectivity index (χ1n) is 6.25. The molecule has 2 aromatic rings. The van der Waals surface area contributed by atoms with E-state index in [-0.39, 0.29) is 5.56 Å². The van der Waals surface area contributed by atoms with Crippen LogP contribution in [-0.2, 0) is 6.54 Å². The molecule has 0 aliphatic carbocycles. The van der Waals surface area contributed by atoms with Gasteiger partial charge in [-0.1, -0.05) is 34.1 Å². The van der Waals surface area contributed by atoms with Gasteiger partial charge in [0.25, 0.3) is 0 Å². The maximum Gasteiger partial charge on any atom is 0.335 e. The van der Waals surface area contributed by atoms with Crippen LogP contribution in [0.2, 0.25) is 0 Å². The van der Waals surface area contributed by atoms with Crippen molar-refractivity contribution < 1.29 is 9.90 Å². The van der Waals surface area contributed by atoms with Crippen molar-refractivity contribution in [3.05, 3.63) is 63.6 Å². The number of anilines is 1. The smallest absolute Gasteiger partial charge is 0.335 e. The summed E-state index contributed by atoms with van der Waals surface area (Å²) in [6.07, 6.45) is 0. The number of rotatable bonds is 4. The third-order valence-corrected chi connectivity index (χ3v) is 3.88. The van der Waals surface area contributed by atoms with Gasteiger partial charge in [-0.25, -0.2) is 4.79 Å². The van der Waals surface area contributed by atoms with Gasteiger partial charge in [-0.05, 0) is 29.8 Å². The highest BCUT2D eigenvalue weighted by atomic mass is 79.9. The Kier molecular flexibility index (Phi) is 4.61. The van der Waals surface area contributed by atoms with Crippen molar-refractivity contribution in [1.82, 2.24) is 0 Å². The van der Waals surface area contributed by atoms with E-state index < -0.39 is 5.97 Å². The molecular weight excluding hydrogens is 332 g/mol. The summed E-state index contributed by atoms with van der Waals surface area (Å²) in [5, 5.41) is 18.1. The van der Waals surface area contributed by atoms with Gasteiger partial charge in [0.1, 0.15) is 6.07 Å².